The summed E-state index contributed by atoms with van der Waals surface area (Å²) in [6.45, 7) is 5.06. The largest absolute Gasteiger partial charge is 0.378 e. The molecule has 104 valence electrons. The van der Waals surface area contributed by atoms with Crippen LogP contribution in [0.25, 0.3) is 0 Å². The van der Waals surface area contributed by atoms with Crippen LogP contribution in [0.4, 0.5) is 0 Å². The number of guanidine groups is 1. The number of hydrogen-bond acceptors (Lipinski definition) is 3. The standard InChI is InChI=1S/C13H20N4O2/c1-10-3-4-11(12(18)16(10)2)9-15-13(14)17-5-7-19-8-6-17/h3-4H,5-9H2,1-2H3,(H2,14,15). The molecule has 6 heteroatoms. The molecule has 2 heterocycles. The summed E-state index contributed by atoms with van der Waals surface area (Å²) in [5, 5.41) is 0. The van der Waals surface area contributed by atoms with Gasteiger partial charge in [-0.05, 0) is 19.1 Å². The summed E-state index contributed by atoms with van der Waals surface area (Å²) >= 11 is 0. The van der Waals surface area contributed by atoms with Gasteiger partial charge in [-0.25, -0.2) is 4.99 Å². The zero-order valence-corrected chi connectivity index (χ0v) is 11.4. The molecule has 19 heavy (non-hydrogen) atoms. The highest BCUT2D eigenvalue weighted by Gasteiger charge is 2.12. The molecule has 0 radical (unpaired) electrons. The minimum absolute atomic E-state index is 0.0153. The van der Waals surface area contributed by atoms with Crippen LogP contribution in [0.5, 0.6) is 0 Å². The van der Waals surface area contributed by atoms with Crippen molar-refractivity contribution in [3.63, 3.8) is 0 Å². The van der Waals surface area contributed by atoms with Crippen molar-refractivity contribution in [1.82, 2.24) is 9.47 Å². The molecule has 0 saturated carbocycles. The summed E-state index contributed by atoms with van der Waals surface area (Å²) in [6, 6.07) is 3.73. The SMILES string of the molecule is Cc1ccc(CN=C(N)N2CCOCC2)c(=O)n1C. The summed E-state index contributed by atoms with van der Waals surface area (Å²) in [7, 11) is 1.76. The van der Waals surface area contributed by atoms with Crippen LogP contribution in [0, 0.1) is 6.92 Å². The molecular formula is C13H20N4O2. The molecule has 1 aromatic rings. The Morgan fingerprint density at radius 1 is 1.42 bits per heavy atom. The summed E-state index contributed by atoms with van der Waals surface area (Å²) in [5.41, 5.74) is 7.50. The van der Waals surface area contributed by atoms with Gasteiger partial charge in [-0.2, -0.15) is 0 Å². The van der Waals surface area contributed by atoms with Gasteiger partial charge in [0.15, 0.2) is 5.96 Å². The van der Waals surface area contributed by atoms with Crippen LogP contribution in [0.15, 0.2) is 21.9 Å². The monoisotopic (exact) mass is 264 g/mol. The second-order valence-electron chi connectivity index (χ2n) is 4.64. The number of nitrogens with two attached hydrogens (primary N) is 1. The highest BCUT2D eigenvalue weighted by atomic mass is 16.5. The van der Waals surface area contributed by atoms with Gasteiger partial charge in [0, 0.05) is 31.4 Å². The third kappa shape index (κ3) is 3.14. The van der Waals surface area contributed by atoms with Gasteiger partial charge in [0.1, 0.15) is 0 Å². The van der Waals surface area contributed by atoms with Gasteiger partial charge < -0.3 is 19.9 Å². The normalized spacial score (nSPS) is 16.7. The Hall–Kier alpha value is -1.82. The van der Waals surface area contributed by atoms with E-state index < -0.39 is 0 Å². The summed E-state index contributed by atoms with van der Waals surface area (Å²) < 4.78 is 6.88. The van der Waals surface area contributed by atoms with Gasteiger partial charge in [-0.3, -0.25) is 4.79 Å². The zero-order valence-electron chi connectivity index (χ0n) is 11.4. The lowest BCUT2D eigenvalue weighted by molar-refractivity contribution is 0.0674. The molecule has 2 rings (SSSR count). The molecule has 1 aromatic heterocycles. The molecule has 0 aromatic carbocycles. The van der Waals surface area contributed by atoms with Crippen molar-refractivity contribution in [2.45, 2.75) is 13.5 Å². The molecule has 1 aliphatic heterocycles. The molecule has 0 spiro atoms. The van der Waals surface area contributed by atoms with E-state index in [1.54, 1.807) is 11.6 Å². The van der Waals surface area contributed by atoms with Gasteiger partial charge in [-0.1, -0.05) is 0 Å². The topological polar surface area (TPSA) is 72.8 Å². The van der Waals surface area contributed by atoms with E-state index in [9.17, 15) is 4.79 Å². The fourth-order valence-electron chi connectivity index (χ4n) is 1.96. The first-order chi connectivity index (χ1) is 9.09. The Kier molecular flexibility index (Phi) is 4.21. The van der Waals surface area contributed by atoms with Crippen LogP contribution in [0.3, 0.4) is 0 Å². The Balaban J connectivity index is 2.09. The zero-order chi connectivity index (χ0) is 13.8. The first-order valence-electron chi connectivity index (χ1n) is 6.37. The highest BCUT2D eigenvalue weighted by Crippen LogP contribution is 2.01. The lowest BCUT2D eigenvalue weighted by atomic mass is 10.2. The van der Waals surface area contributed by atoms with E-state index in [4.69, 9.17) is 10.5 Å². The van der Waals surface area contributed by atoms with Crippen molar-refractivity contribution < 1.29 is 4.74 Å². The van der Waals surface area contributed by atoms with E-state index in [2.05, 4.69) is 4.99 Å². The fourth-order valence-corrected chi connectivity index (χ4v) is 1.96. The van der Waals surface area contributed by atoms with Crippen molar-refractivity contribution >= 4 is 5.96 Å². The van der Waals surface area contributed by atoms with Gasteiger partial charge in [0.25, 0.3) is 5.56 Å². The van der Waals surface area contributed by atoms with Crippen LogP contribution in [-0.4, -0.2) is 41.7 Å². The Labute approximate surface area is 112 Å². The summed E-state index contributed by atoms with van der Waals surface area (Å²) in [4.78, 5) is 18.3. The lowest BCUT2D eigenvalue weighted by Gasteiger charge is -2.27. The average molecular weight is 264 g/mol. The Morgan fingerprint density at radius 2 is 2.11 bits per heavy atom. The maximum Gasteiger partial charge on any atom is 0.255 e. The average Bonchev–Trinajstić information content (AvgIpc) is 2.45. The molecule has 6 nitrogen and oxygen atoms in total. The smallest absolute Gasteiger partial charge is 0.255 e. The maximum atomic E-state index is 12.0. The molecule has 0 atom stereocenters. The predicted octanol–water partition coefficient (Wildman–Crippen LogP) is -0.159. The predicted molar refractivity (Wildman–Crippen MR) is 74.1 cm³/mol. The number of rotatable bonds is 2. The van der Waals surface area contributed by atoms with Crippen LogP contribution in [0.1, 0.15) is 11.3 Å². The number of morpholine rings is 1. The minimum atomic E-state index is -0.0153. The van der Waals surface area contributed by atoms with Gasteiger partial charge >= 0.3 is 0 Å². The Bertz CT molecular complexity index is 530. The van der Waals surface area contributed by atoms with E-state index in [0.717, 1.165) is 18.8 Å². The second kappa shape index (κ2) is 5.88. The van der Waals surface area contributed by atoms with E-state index in [0.29, 0.717) is 31.3 Å². The van der Waals surface area contributed by atoms with Crippen LogP contribution >= 0.6 is 0 Å². The van der Waals surface area contributed by atoms with Crippen molar-refractivity contribution in [3.05, 3.63) is 33.7 Å². The molecule has 1 fully saturated rings. The van der Waals surface area contributed by atoms with Crippen molar-refractivity contribution in [3.8, 4) is 0 Å². The highest BCUT2D eigenvalue weighted by molar-refractivity contribution is 5.78. The maximum absolute atomic E-state index is 12.0. The minimum Gasteiger partial charge on any atom is -0.378 e. The summed E-state index contributed by atoms with van der Waals surface area (Å²) in [6.07, 6.45) is 0. The van der Waals surface area contributed by atoms with E-state index in [1.807, 2.05) is 24.0 Å². The fraction of sp³-hybridized carbons (Fsp3) is 0.538. The molecule has 1 saturated heterocycles. The molecule has 1 aliphatic rings. The molecule has 0 aliphatic carbocycles. The quantitative estimate of drug-likeness (QED) is 0.595. The number of aliphatic imine (C=N–C) groups is 1. The number of aryl methyl sites for hydroxylation is 1. The van der Waals surface area contributed by atoms with Crippen LogP contribution < -0.4 is 11.3 Å². The second-order valence-corrected chi connectivity index (χ2v) is 4.64. The van der Waals surface area contributed by atoms with Crippen molar-refractivity contribution in [2.24, 2.45) is 17.8 Å². The van der Waals surface area contributed by atoms with Crippen LogP contribution in [-0.2, 0) is 18.3 Å². The van der Waals surface area contributed by atoms with E-state index >= 15 is 0 Å². The van der Waals surface area contributed by atoms with Crippen molar-refractivity contribution in [2.75, 3.05) is 26.3 Å². The molecule has 0 unspecified atom stereocenters. The molecule has 2 N–H and O–H groups in total. The molecular weight excluding hydrogens is 244 g/mol. The number of ether oxygens (including phenoxy) is 1. The third-order valence-electron chi connectivity index (χ3n) is 3.38. The van der Waals surface area contributed by atoms with E-state index in [-0.39, 0.29) is 5.56 Å². The number of nitrogens with zero attached hydrogens (tertiary/aromatic N) is 3. The molecule has 0 bridgehead atoms. The number of pyridine rings is 1. The lowest BCUT2D eigenvalue weighted by Crippen LogP contribution is -2.44. The van der Waals surface area contributed by atoms with Crippen LogP contribution in [0.2, 0.25) is 0 Å². The third-order valence-corrected chi connectivity index (χ3v) is 3.38. The number of hydrogen-bond donors (Lipinski definition) is 1. The first kappa shape index (κ1) is 13.6. The van der Waals surface area contributed by atoms with Crippen molar-refractivity contribution in [1.29, 1.82) is 0 Å². The number of aromatic nitrogens is 1. The first-order valence-corrected chi connectivity index (χ1v) is 6.37. The van der Waals surface area contributed by atoms with Gasteiger partial charge in [0.05, 0.1) is 19.8 Å². The van der Waals surface area contributed by atoms with Gasteiger partial charge in [0.2, 0.25) is 0 Å². The Morgan fingerprint density at radius 3 is 2.79 bits per heavy atom. The molecule has 0 amide bonds. The summed E-state index contributed by atoms with van der Waals surface area (Å²) in [5.74, 6) is 0.478. The van der Waals surface area contributed by atoms with Gasteiger partial charge in [-0.15, -0.1) is 0 Å². The van der Waals surface area contributed by atoms with E-state index in [1.165, 1.54) is 0 Å².